The van der Waals surface area contributed by atoms with Gasteiger partial charge in [-0.15, -0.1) is 10.2 Å². The van der Waals surface area contributed by atoms with Crippen molar-refractivity contribution in [3.05, 3.63) is 17.2 Å². The molecule has 3 rings (SSSR count). The molecule has 0 unspecified atom stereocenters. The highest BCUT2D eigenvalue weighted by Gasteiger charge is 2.25. The van der Waals surface area contributed by atoms with Crippen LogP contribution in [-0.4, -0.2) is 55.0 Å². The third-order valence-electron chi connectivity index (χ3n) is 3.49. The van der Waals surface area contributed by atoms with E-state index >= 15 is 0 Å². The first-order chi connectivity index (χ1) is 10.2. The molecule has 21 heavy (non-hydrogen) atoms. The first kappa shape index (κ1) is 14.5. The quantitative estimate of drug-likeness (QED) is 0.857. The number of rotatable bonds is 4. The average Bonchev–Trinajstić information content (AvgIpc) is 3.16. The summed E-state index contributed by atoms with van der Waals surface area (Å²) in [6, 6.07) is 0. The van der Waals surface area contributed by atoms with Crippen LogP contribution in [0, 0.1) is 6.92 Å². The van der Waals surface area contributed by atoms with Gasteiger partial charge < -0.3 is 4.90 Å². The van der Waals surface area contributed by atoms with Crippen molar-refractivity contribution in [2.75, 3.05) is 18.8 Å². The molecule has 0 atom stereocenters. The van der Waals surface area contributed by atoms with Crippen LogP contribution in [0.3, 0.4) is 0 Å². The highest BCUT2D eigenvalue weighted by molar-refractivity contribution is 8.01. The predicted molar refractivity (Wildman–Crippen MR) is 80.3 cm³/mol. The van der Waals surface area contributed by atoms with Gasteiger partial charge in [-0.25, -0.2) is 4.98 Å². The minimum atomic E-state index is 0.170. The lowest BCUT2D eigenvalue weighted by atomic mass is 9.96. The molecule has 1 fully saturated rings. The molecular weight excluding hydrogens is 308 g/mol. The second kappa shape index (κ2) is 6.52. The second-order valence-corrected chi connectivity index (χ2v) is 7.31. The Kier molecular flexibility index (Phi) is 4.49. The van der Waals surface area contributed by atoms with E-state index in [1.165, 1.54) is 29.4 Å². The van der Waals surface area contributed by atoms with Gasteiger partial charge in [0.2, 0.25) is 5.91 Å². The Morgan fingerprint density at radius 2 is 2.29 bits per heavy atom. The maximum atomic E-state index is 12.2. The Labute approximate surface area is 130 Å². The van der Waals surface area contributed by atoms with Gasteiger partial charge in [0.05, 0.1) is 5.75 Å². The number of aromatic nitrogens is 5. The standard InChI is InChI=1S/C12H16N6OS2/c1-8-15-17-12(21-8)20-6-10(19)18-4-2-9(3-5-18)11-13-7-14-16-11/h7,9H,2-6H2,1H3,(H,13,14,16). The van der Waals surface area contributed by atoms with E-state index in [0.717, 1.165) is 41.1 Å². The molecule has 1 aliphatic rings. The van der Waals surface area contributed by atoms with Gasteiger partial charge in [0, 0.05) is 19.0 Å². The summed E-state index contributed by atoms with van der Waals surface area (Å²) in [5.74, 6) is 1.92. The van der Waals surface area contributed by atoms with Crippen molar-refractivity contribution in [1.82, 2.24) is 30.3 Å². The Morgan fingerprint density at radius 3 is 2.90 bits per heavy atom. The summed E-state index contributed by atoms with van der Waals surface area (Å²) in [6.07, 6.45) is 3.40. The Morgan fingerprint density at radius 1 is 1.48 bits per heavy atom. The number of piperidine rings is 1. The molecule has 0 spiro atoms. The number of hydrogen-bond acceptors (Lipinski definition) is 7. The van der Waals surface area contributed by atoms with E-state index in [1.54, 1.807) is 0 Å². The number of amides is 1. The van der Waals surface area contributed by atoms with Gasteiger partial charge in [0.1, 0.15) is 17.2 Å². The zero-order valence-corrected chi connectivity index (χ0v) is 13.3. The summed E-state index contributed by atoms with van der Waals surface area (Å²) in [4.78, 5) is 18.3. The third kappa shape index (κ3) is 3.59. The van der Waals surface area contributed by atoms with Crippen molar-refractivity contribution in [1.29, 1.82) is 0 Å². The van der Waals surface area contributed by atoms with Crippen LogP contribution in [0.1, 0.15) is 29.6 Å². The molecule has 0 aromatic carbocycles. The monoisotopic (exact) mass is 324 g/mol. The van der Waals surface area contributed by atoms with Crippen molar-refractivity contribution in [2.45, 2.75) is 30.0 Å². The second-order valence-electron chi connectivity index (χ2n) is 4.90. The number of aromatic amines is 1. The third-order valence-corrected chi connectivity index (χ3v) is 5.45. The molecule has 1 N–H and O–H groups in total. The molecule has 9 heteroatoms. The zero-order chi connectivity index (χ0) is 14.7. The minimum Gasteiger partial charge on any atom is -0.342 e. The minimum absolute atomic E-state index is 0.170. The van der Waals surface area contributed by atoms with Crippen LogP contribution in [0.2, 0.25) is 0 Å². The largest absolute Gasteiger partial charge is 0.342 e. The zero-order valence-electron chi connectivity index (χ0n) is 11.7. The lowest BCUT2D eigenvalue weighted by molar-refractivity contribution is -0.129. The Balaban J connectivity index is 1.46. The molecule has 2 aromatic heterocycles. The Hall–Kier alpha value is -1.48. The van der Waals surface area contributed by atoms with Gasteiger partial charge in [-0.1, -0.05) is 23.1 Å². The van der Waals surface area contributed by atoms with Gasteiger partial charge >= 0.3 is 0 Å². The lowest BCUT2D eigenvalue weighted by Gasteiger charge is -2.30. The van der Waals surface area contributed by atoms with Crippen molar-refractivity contribution < 1.29 is 4.79 Å². The van der Waals surface area contributed by atoms with Crippen LogP contribution in [0.15, 0.2) is 10.7 Å². The molecule has 1 saturated heterocycles. The summed E-state index contributed by atoms with van der Waals surface area (Å²) < 4.78 is 0.859. The first-order valence-corrected chi connectivity index (χ1v) is 8.58. The van der Waals surface area contributed by atoms with Crippen LogP contribution < -0.4 is 0 Å². The number of carbonyl (C=O) groups excluding carboxylic acids is 1. The van der Waals surface area contributed by atoms with E-state index in [1.807, 2.05) is 11.8 Å². The van der Waals surface area contributed by atoms with E-state index < -0.39 is 0 Å². The van der Waals surface area contributed by atoms with E-state index in [2.05, 4.69) is 25.4 Å². The van der Waals surface area contributed by atoms with Gasteiger partial charge in [-0.3, -0.25) is 9.89 Å². The number of likely N-dealkylation sites (tertiary alicyclic amines) is 1. The Bertz CT molecular complexity index is 591. The SMILES string of the molecule is Cc1nnc(SCC(=O)N2CCC(c3ncn[nH]3)CC2)s1. The summed E-state index contributed by atoms with van der Waals surface area (Å²) in [6.45, 7) is 3.47. The van der Waals surface area contributed by atoms with Gasteiger partial charge in [-0.05, 0) is 19.8 Å². The summed E-state index contributed by atoms with van der Waals surface area (Å²) in [7, 11) is 0. The molecule has 2 aromatic rings. The fourth-order valence-electron chi connectivity index (χ4n) is 2.37. The molecule has 0 saturated carbocycles. The number of nitrogens with zero attached hydrogens (tertiary/aromatic N) is 5. The van der Waals surface area contributed by atoms with Crippen molar-refractivity contribution in [2.24, 2.45) is 0 Å². The van der Waals surface area contributed by atoms with Crippen LogP contribution >= 0.6 is 23.1 Å². The highest BCUT2D eigenvalue weighted by Crippen LogP contribution is 2.26. The fourth-order valence-corrected chi connectivity index (χ4v) is 4.08. The maximum Gasteiger partial charge on any atom is 0.233 e. The molecule has 0 bridgehead atoms. The topological polar surface area (TPSA) is 87.7 Å². The lowest BCUT2D eigenvalue weighted by Crippen LogP contribution is -2.39. The number of hydrogen-bond donors (Lipinski definition) is 1. The predicted octanol–water partition coefficient (Wildman–Crippen LogP) is 1.46. The number of aryl methyl sites for hydroxylation is 1. The van der Waals surface area contributed by atoms with E-state index in [0.29, 0.717) is 11.7 Å². The van der Waals surface area contributed by atoms with Crippen LogP contribution in [0.4, 0.5) is 0 Å². The molecule has 112 valence electrons. The maximum absolute atomic E-state index is 12.2. The van der Waals surface area contributed by atoms with Gasteiger partial charge in [-0.2, -0.15) is 5.10 Å². The van der Waals surface area contributed by atoms with Crippen LogP contribution in [0.5, 0.6) is 0 Å². The van der Waals surface area contributed by atoms with Crippen LogP contribution in [-0.2, 0) is 4.79 Å². The summed E-state index contributed by atoms with van der Waals surface area (Å²) in [5, 5.41) is 15.7. The first-order valence-electron chi connectivity index (χ1n) is 6.78. The number of H-pyrrole nitrogens is 1. The molecule has 1 amide bonds. The molecule has 0 aliphatic carbocycles. The number of thioether (sulfide) groups is 1. The van der Waals surface area contributed by atoms with Gasteiger partial charge in [0.25, 0.3) is 0 Å². The van der Waals surface area contributed by atoms with Crippen molar-refractivity contribution in [3.63, 3.8) is 0 Å². The van der Waals surface area contributed by atoms with Crippen molar-refractivity contribution in [3.8, 4) is 0 Å². The van der Waals surface area contributed by atoms with E-state index in [9.17, 15) is 4.79 Å². The highest BCUT2D eigenvalue weighted by atomic mass is 32.2. The van der Waals surface area contributed by atoms with Gasteiger partial charge in [0.15, 0.2) is 4.34 Å². The normalized spacial score (nSPS) is 16.3. The molecule has 1 aliphatic heterocycles. The number of nitrogens with one attached hydrogen (secondary N) is 1. The average molecular weight is 324 g/mol. The van der Waals surface area contributed by atoms with E-state index in [4.69, 9.17) is 0 Å². The van der Waals surface area contributed by atoms with Crippen LogP contribution in [0.25, 0.3) is 0 Å². The summed E-state index contributed by atoms with van der Waals surface area (Å²) >= 11 is 2.99. The van der Waals surface area contributed by atoms with E-state index in [-0.39, 0.29) is 5.91 Å². The van der Waals surface area contributed by atoms with Crippen molar-refractivity contribution >= 4 is 29.0 Å². The fraction of sp³-hybridized carbons (Fsp3) is 0.583. The molecular formula is C12H16N6OS2. The smallest absolute Gasteiger partial charge is 0.233 e. The summed E-state index contributed by atoms with van der Waals surface area (Å²) in [5.41, 5.74) is 0. The number of carbonyl (C=O) groups is 1. The molecule has 3 heterocycles. The molecule has 7 nitrogen and oxygen atoms in total. The molecule has 0 radical (unpaired) electrons.